The topological polar surface area (TPSA) is 115 Å². The van der Waals surface area contributed by atoms with Gasteiger partial charge in [0.05, 0.1) is 22.3 Å². The van der Waals surface area contributed by atoms with E-state index in [4.69, 9.17) is 0 Å². The first kappa shape index (κ1) is 19.3. The van der Waals surface area contributed by atoms with Gasteiger partial charge in [-0.25, -0.2) is 9.29 Å². The molecule has 1 aliphatic heterocycles. The molecule has 0 bridgehead atoms. The number of halogens is 1. The van der Waals surface area contributed by atoms with Gasteiger partial charge in [0, 0.05) is 10.9 Å². The number of fused-ring (bicyclic) bond motifs is 2. The van der Waals surface area contributed by atoms with Crippen LogP contribution in [0.2, 0.25) is 0 Å². The van der Waals surface area contributed by atoms with Gasteiger partial charge >= 0.3 is 0 Å². The highest BCUT2D eigenvalue weighted by Gasteiger charge is 2.36. The highest BCUT2D eigenvalue weighted by molar-refractivity contribution is 6.34. The molecular weight excluding hydrogens is 415 g/mol. The number of azo groups is 1. The number of nitrogens with zero attached hydrogens (tertiary/aromatic N) is 3. The summed E-state index contributed by atoms with van der Waals surface area (Å²) in [6.45, 7) is 0. The molecule has 2 N–H and O–H groups in total. The molecule has 0 spiro atoms. The van der Waals surface area contributed by atoms with Gasteiger partial charge < -0.3 is 10.1 Å². The lowest BCUT2D eigenvalue weighted by molar-refractivity contribution is 0.0925. The zero-order valence-corrected chi connectivity index (χ0v) is 16.2. The van der Waals surface area contributed by atoms with E-state index < -0.39 is 29.4 Å². The third kappa shape index (κ3) is 2.95. The van der Waals surface area contributed by atoms with Crippen molar-refractivity contribution in [2.75, 3.05) is 4.90 Å². The van der Waals surface area contributed by atoms with E-state index in [0.717, 1.165) is 4.90 Å². The Hall–Kier alpha value is -4.66. The van der Waals surface area contributed by atoms with Crippen LogP contribution >= 0.6 is 0 Å². The minimum Gasteiger partial charge on any atom is -0.493 e. The normalized spacial score (nSPS) is 13.3. The van der Waals surface area contributed by atoms with Gasteiger partial charge in [0.1, 0.15) is 5.82 Å². The summed E-state index contributed by atoms with van der Waals surface area (Å²) in [7, 11) is 0. The molecule has 32 heavy (non-hydrogen) atoms. The van der Waals surface area contributed by atoms with E-state index in [9.17, 15) is 23.9 Å². The molecule has 0 radical (unpaired) electrons. The van der Waals surface area contributed by atoms with E-state index in [2.05, 4.69) is 15.2 Å². The fourth-order valence-electron chi connectivity index (χ4n) is 3.58. The molecule has 0 atom stereocenters. The summed E-state index contributed by atoms with van der Waals surface area (Å²) in [4.78, 5) is 41.1. The minimum atomic E-state index is -0.718. The third-order valence-corrected chi connectivity index (χ3v) is 5.14. The van der Waals surface area contributed by atoms with Crippen molar-refractivity contribution < 1.29 is 23.9 Å². The summed E-state index contributed by atoms with van der Waals surface area (Å²) in [5.74, 6) is -2.58. The minimum absolute atomic E-state index is 0.0525. The molecule has 0 unspecified atom stereocenters. The van der Waals surface area contributed by atoms with Crippen LogP contribution in [0.5, 0.6) is 5.88 Å². The molecule has 0 saturated carbocycles. The highest BCUT2D eigenvalue weighted by atomic mass is 19.1. The van der Waals surface area contributed by atoms with Crippen molar-refractivity contribution in [2.45, 2.75) is 0 Å². The highest BCUT2D eigenvalue weighted by Crippen LogP contribution is 2.36. The molecule has 1 aromatic heterocycles. The second-order valence-electron chi connectivity index (χ2n) is 7.03. The number of carbonyl (C=O) groups is 3. The molecule has 3 aromatic carbocycles. The van der Waals surface area contributed by atoms with Gasteiger partial charge in [-0.05, 0) is 42.5 Å². The number of H-pyrrole nitrogens is 1. The molecule has 8 nitrogen and oxygen atoms in total. The Morgan fingerprint density at radius 3 is 2.22 bits per heavy atom. The average Bonchev–Trinajstić information content (AvgIpc) is 3.26. The van der Waals surface area contributed by atoms with Crippen molar-refractivity contribution >= 4 is 40.0 Å². The van der Waals surface area contributed by atoms with Gasteiger partial charge in [-0.1, -0.05) is 24.3 Å². The predicted octanol–water partition coefficient (Wildman–Crippen LogP) is 4.74. The number of anilines is 1. The van der Waals surface area contributed by atoms with Crippen molar-refractivity contribution in [3.8, 4) is 5.88 Å². The maximum atomic E-state index is 13.8. The van der Waals surface area contributed by atoms with Crippen LogP contribution in [0.4, 0.5) is 15.8 Å². The van der Waals surface area contributed by atoms with Crippen molar-refractivity contribution in [1.29, 1.82) is 0 Å². The molecule has 1 aliphatic rings. The summed E-state index contributed by atoms with van der Waals surface area (Å²) in [6, 6.07) is 16.5. The first-order valence-electron chi connectivity index (χ1n) is 9.49. The molecule has 0 aliphatic carbocycles. The number of hydrogen-bond donors (Lipinski definition) is 2. The lowest BCUT2D eigenvalue weighted by Crippen LogP contribution is -2.29. The number of imide groups is 1. The fourth-order valence-corrected chi connectivity index (χ4v) is 3.58. The van der Waals surface area contributed by atoms with E-state index in [1.54, 1.807) is 24.3 Å². The summed E-state index contributed by atoms with van der Waals surface area (Å²) in [5, 5.41) is 17.6. The smallest absolute Gasteiger partial charge is 0.295 e. The predicted molar refractivity (Wildman–Crippen MR) is 113 cm³/mol. The van der Waals surface area contributed by atoms with Crippen molar-refractivity contribution in [1.82, 2.24) is 4.98 Å². The Labute approximate surface area is 179 Å². The van der Waals surface area contributed by atoms with Crippen LogP contribution in [-0.4, -0.2) is 27.8 Å². The number of amides is 3. The first-order valence-corrected chi connectivity index (χ1v) is 9.49. The molecule has 0 saturated heterocycles. The van der Waals surface area contributed by atoms with Gasteiger partial charge in [0.15, 0.2) is 5.69 Å². The van der Waals surface area contributed by atoms with Gasteiger partial charge in [-0.2, -0.15) is 0 Å². The molecule has 2 heterocycles. The van der Waals surface area contributed by atoms with E-state index in [1.165, 1.54) is 42.5 Å². The number of benzene rings is 3. The molecule has 5 rings (SSSR count). The number of aromatic amines is 1. The largest absolute Gasteiger partial charge is 0.493 e. The zero-order chi connectivity index (χ0) is 22.4. The SMILES string of the molecule is O=C(N=Nc1c(O)[nH]c2c(F)cccc12)c1ccc(N2C(=O)c3ccccc3C2=O)cc1. The van der Waals surface area contributed by atoms with Crippen LogP contribution in [0.15, 0.2) is 77.0 Å². The zero-order valence-electron chi connectivity index (χ0n) is 16.2. The maximum Gasteiger partial charge on any atom is 0.295 e. The second kappa shape index (κ2) is 7.24. The monoisotopic (exact) mass is 428 g/mol. The third-order valence-electron chi connectivity index (χ3n) is 5.14. The number of rotatable bonds is 3. The van der Waals surface area contributed by atoms with Gasteiger partial charge in [0.25, 0.3) is 17.7 Å². The van der Waals surface area contributed by atoms with E-state index in [-0.39, 0.29) is 22.2 Å². The number of aromatic nitrogens is 1. The lowest BCUT2D eigenvalue weighted by atomic mass is 10.1. The van der Waals surface area contributed by atoms with E-state index >= 15 is 0 Å². The quantitative estimate of drug-likeness (QED) is 0.362. The number of hydrogen-bond acceptors (Lipinski definition) is 5. The van der Waals surface area contributed by atoms with E-state index in [1.807, 2.05) is 0 Å². The fraction of sp³-hybridized carbons (Fsp3) is 0. The van der Waals surface area contributed by atoms with Crippen molar-refractivity contribution in [2.24, 2.45) is 10.2 Å². The van der Waals surface area contributed by atoms with Gasteiger partial charge in [-0.3, -0.25) is 14.4 Å². The van der Waals surface area contributed by atoms with Crippen molar-refractivity contribution in [3.05, 3.63) is 89.2 Å². The van der Waals surface area contributed by atoms with Crippen molar-refractivity contribution in [3.63, 3.8) is 0 Å². The molecule has 9 heteroatoms. The Balaban J connectivity index is 1.39. The first-order chi connectivity index (χ1) is 15.5. The molecule has 156 valence electrons. The van der Waals surface area contributed by atoms with Crippen LogP contribution in [0.1, 0.15) is 31.1 Å². The summed E-state index contributed by atoms with van der Waals surface area (Å²) >= 11 is 0. The molecule has 3 amide bonds. The van der Waals surface area contributed by atoms with Crippen LogP contribution in [-0.2, 0) is 0 Å². The second-order valence-corrected chi connectivity index (χ2v) is 7.03. The Bertz CT molecular complexity index is 1420. The maximum absolute atomic E-state index is 13.8. The number of para-hydroxylation sites is 1. The number of nitrogens with one attached hydrogen (secondary N) is 1. The van der Waals surface area contributed by atoms with Crippen LogP contribution in [0, 0.1) is 5.82 Å². The van der Waals surface area contributed by atoms with Gasteiger partial charge in [0.2, 0.25) is 5.88 Å². The van der Waals surface area contributed by atoms with Crippen LogP contribution in [0.3, 0.4) is 0 Å². The molecule has 4 aromatic rings. The lowest BCUT2D eigenvalue weighted by Gasteiger charge is -2.13. The van der Waals surface area contributed by atoms with Crippen LogP contribution < -0.4 is 4.90 Å². The number of aromatic hydroxyl groups is 1. The van der Waals surface area contributed by atoms with Crippen LogP contribution in [0.25, 0.3) is 10.9 Å². The Morgan fingerprint density at radius 2 is 1.56 bits per heavy atom. The Kier molecular flexibility index (Phi) is 4.37. The standard InChI is InChI=1S/C23H13FN4O4/c24-17-7-3-6-16-18(17)25-21(30)19(16)26-27-20(29)12-8-10-13(11-9-12)28-22(31)14-4-1-2-5-15(14)23(28)32/h1-11,25,30H. The summed E-state index contributed by atoms with van der Waals surface area (Å²) < 4.78 is 13.8. The molecule has 0 fully saturated rings. The van der Waals surface area contributed by atoms with E-state index in [0.29, 0.717) is 16.8 Å². The Morgan fingerprint density at radius 1 is 0.906 bits per heavy atom. The van der Waals surface area contributed by atoms with Gasteiger partial charge in [-0.15, -0.1) is 10.2 Å². The summed E-state index contributed by atoms with van der Waals surface area (Å²) in [5.41, 5.74) is 1.10. The molecular formula is C23H13FN4O4. The summed E-state index contributed by atoms with van der Waals surface area (Å²) in [6.07, 6.45) is 0. The average molecular weight is 428 g/mol. The number of carbonyl (C=O) groups excluding carboxylic acids is 3.